The third-order valence-corrected chi connectivity index (χ3v) is 1.97. The van der Waals surface area contributed by atoms with Gasteiger partial charge in [-0.25, -0.2) is 4.79 Å². The molecule has 0 aromatic carbocycles. The van der Waals surface area contributed by atoms with E-state index in [4.69, 9.17) is 4.65 Å². The molecule has 1 heterocycles. The highest BCUT2D eigenvalue weighted by atomic mass is 16.5. The lowest BCUT2D eigenvalue weighted by Gasteiger charge is -2.09. The van der Waals surface area contributed by atoms with Gasteiger partial charge in [-0.15, -0.1) is 0 Å². The van der Waals surface area contributed by atoms with Crippen molar-refractivity contribution in [3.05, 3.63) is 23.5 Å². The topological polar surface area (TPSA) is 68.7 Å². The Hall–Kier alpha value is -1.40. The molecule has 1 aromatic heterocycles. The van der Waals surface area contributed by atoms with Gasteiger partial charge in [-0.05, 0) is 13.0 Å². The molecule has 15 heavy (non-hydrogen) atoms. The Bertz CT molecular complexity index is 369. The molecule has 0 atom stereocenters. The van der Waals surface area contributed by atoms with Gasteiger partial charge in [-0.3, -0.25) is 4.98 Å². The van der Waals surface area contributed by atoms with Crippen molar-refractivity contribution in [2.75, 3.05) is 14.2 Å². The second-order valence-corrected chi connectivity index (χ2v) is 2.99. The van der Waals surface area contributed by atoms with Crippen molar-refractivity contribution in [3.8, 4) is 0 Å². The molecule has 0 saturated carbocycles. The van der Waals surface area contributed by atoms with Gasteiger partial charge < -0.3 is 14.4 Å². The Balaban J connectivity index is 3.20. The maximum atomic E-state index is 11.3. The van der Waals surface area contributed by atoms with Crippen LogP contribution in [0.2, 0.25) is 0 Å². The monoisotopic (exact) mass is 209 g/mol. The van der Waals surface area contributed by atoms with Crippen LogP contribution in [0.4, 0.5) is 0 Å². The summed E-state index contributed by atoms with van der Waals surface area (Å²) < 4.78 is 9.31. The minimum Gasteiger partial charge on any atom is -0.465 e. The Morgan fingerprint density at radius 1 is 1.53 bits per heavy atom. The van der Waals surface area contributed by atoms with Crippen LogP contribution < -0.4 is 5.46 Å². The molecule has 0 aliphatic rings. The zero-order valence-corrected chi connectivity index (χ0v) is 8.85. The van der Waals surface area contributed by atoms with Crippen LogP contribution in [0.5, 0.6) is 0 Å². The number of methoxy groups -OCH3 is 1. The first-order valence-electron chi connectivity index (χ1n) is 4.36. The summed E-state index contributed by atoms with van der Waals surface area (Å²) in [6.45, 7) is 1.76. The van der Waals surface area contributed by atoms with Crippen LogP contribution in [0.3, 0.4) is 0 Å². The molecule has 0 saturated heterocycles. The average Bonchev–Trinajstić information content (AvgIpc) is 2.26. The van der Waals surface area contributed by atoms with Gasteiger partial charge in [0.2, 0.25) is 0 Å². The molecule has 1 rings (SSSR count). The number of aromatic nitrogens is 1. The van der Waals surface area contributed by atoms with E-state index in [1.807, 2.05) is 0 Å². The van der Waals surface area contributed by atoms with Crippen molar-refractivity contribution in [3.63, 3.8) is 0 Å². The molecule has 80 valence electrons. The number of ether oxygens (including phenoxy) is 1. The van der Waals surface area contributed by atoms with Gasteiger partial charge in [0.25, 0.3) is 0 Å². The molecular formula is C9H12BNO4. The molecule has 0 fully saturated rings. The number of esters is 1. The van der Waals surface area contributed by atoms with Gasteiger partial charge in [-0.2, -0.15) is 0 Å². The highest BCUT2D eigenvalue weighted by molar-refractivity contribution is 6.61. The highest BCUT2D eigenvalue weighted by Crippen LogP contribution is 2.01. The number of aryl methyl sites for hydroxylation is 1. The van der Waals surface area contributed by atoms with E-state index in [9.17, 15) is 9.82 Å². The standard InChI is InChI=1S/C9H12BNO4/c1-6-4-8(10(13)15-3)7(5-11-6)9(12)14-2/h4-5,13H,1-3H3. The number of pyridine rings is 1. The molecule has 0 aliphatic carbocycles. The summed E-state index contributed by atoms with van der Waals surface area (Å²) >= 11 is 0. The second-order valence-electron chi connectivity index (χ2n) is 2.99. The Morgan fingerprint density at radius 3 is 2.73 bits per heavy atom. The van der Waals surface area contributed by atoms with Crippen LogP contribution in [0.1, 0.15) is 16.1 Å². The fourth-order valence-electron chi connectivity index (χ4n) is 1.19. The maximum absolute atomic E-state index is 11.3. The first-order chi connectivity index (χ1) is 7.10. The van der Waals surface area contributed by atoms with E-state index in [1.165, 1.54) is 20.4 Å². The summed E-state index contributed by atoms with van der Waals surface area (Å²) in [5.74, 6) is -0.548. The normalized spacial score (nSPS) is 9.87. The van der Waals surface area contributed by atoms with Crippen LogP contribution in [-0.2, 0) is 9.39 Å². The Kier molecular flexibility index (Phi) is 3.82. The Labute approximate surface area is 88.2 Å². The lowest BCUT2D eigenvalue weighted by molar-refractivity contribution is 0.0601. The minimum atomic E-state index is -1.15. The molecule has 0 spiro atoms. The number of nitrogens with zero attached hydrogens (tertiary/aromatic N) is 1. The summed E-state index contributed by atoms with van der Waals surface area (Å²) in [5.41, 5.74) is 1.25. The number of rotatable bonds is 3. The second kappa shape index (κ2) is 4.90. The first-order valence-corrected chi connectivity index (χ1v) is 4.36. The van der Waals surface area contributed by atoms with E-state index in [-0.39, 0.29) is 5.56 Å². The van der Waals surface area contributed by atoms with Gasteiger partial charge in [0, 0.05) is 24.5 Å². The molecule has 0 amide bonds. The fraction of sp³-hybridized carbons (Fsp3) is 0.333. The highest BCUT2D eigenvalue weighted by Gasteiger charge is 2.23. The van der Waals surface area contributed by atoms with E-state index < -0.39 is 13.1 Å². The molecule has 5 nitrogen and oxygen atoms in total. The molecular weight excluding hydrogens is 197 g/mol. The minimum absolute atomic E-state index is 0.206. The van der Waals surface area contributed by atoms with Gasteiger partial charge >= 0.3 is 13.1 Å². The summed E-state index contributed by atoms with van der Waals surface area (Å²) in [6, 6.07) is 1.58. The molecule has 1 aromatic rings. The van der Waals surface area contributed by atoms with Gasteiger partial charge in [-0.1, -0.05) is 0 Å². The van der Waals surface area contributed by atoms with Gasteiger partial charge in [0.15, 0.2) is 0 Å². The molecule has 0 unspecified atom stereocenters. The maximum Gasteiger partial charge on any atom is 0.491 e. The van der Waals surface area contributed by atoms with Crippen LogP contribution in [0, 0.1) is 6.92 Å². The van der Waals surface area contributed by atoms with Crippen LogP contribution >= 0.6 is 0 Å². The quantitative estimate of drug-likeness (QED) is 0.537. The van der Waals surface area contributed by atoms with Crippen molar-refractivity contribution in [1.29, 1.82) is 0 Å². The summed E-state index contributed by atoms with van der Waals surface area (Å²) in [7, 11) is 1.47. The summed E-state index contributed by atoms with van der Waals surface area (Å²) in [6.07, 6.45) is 1.36. The van der Waals surface area contributed by atoms with Crippen molar-refractivity contribution < 1.29 is 19.2 Å². The van der Waals surface area contributed by atoms with Crippen molar-refractivity contribution in [2.24, 2.45) is 0 Å². The zero-order valence-electron chi connectivity index (χ0n) is 8.85. The number of carbonyl (C=O) groups is 1. The van der Waals surface area contributed by atoms with Gasteiger partial charge in [0.1, 0.15) is 0 Å². The number of hydrogen-bond donors (Lipinski definition) is 1. The van der Waals surface area contributed by atoms with Crippen LogP contribution in [0.15, 0.2) is 12.3 Å². The number of carbonyl (C=O) groups excluding carboxylic acids is 1. The largest absolute Gasteiger partial charge is 0.491 e. The van der Waals surface area contributed by atoms with E-state index in [0.717, 1.165) is 0 Å². The van der Waals surface area contributed by atoms with Crippen molar-refractivity contribution in [2.45, 2.75) is 6.92 Å². The third kappa shape index (κ3) is 2.54. The average molecular weight is 209 g/mol. The lowest BCUT2D eigenvalue weighted by Crippen LogP contribution is -2.37. The van der Waals surface area contributed by atoms with Crippen molar-refractivity contribution >= 4 is 18.6 Å². The summed E-state index contributed by atoms with van der Waals surface area (Å²) in [5, 5.41) is 9.52. The van der Waals surface area contributed by atoms with Gasteiger partial charge in [0.05, 0.1) is 12.7 Å². The molecule has 0 aliphatic heterocycles. The van der Waals surface area contributed by atoms with E-state index in [0.29, 0.717) is 11.2 Å². The lowest BCUT2D eigenvalue weighted by atomic mass is 9.77. The fourth-order valence-corrected chi connectivity index (χ4v) is 1.19. The summed E-state index contributed by atoms with van der Waals surface area (Å²) in [4.78, 5) is 15.3. The van der Waals surface area contributed by atoms with E-state index in [1.54, 1.807) is 13.0 Å². The SMILES string of the molecule is COB(O)c1cc(C)ncc1C(=O)OC. The Morgan fingerprint density at radius 2 is 2.20 bits per heavy atom. The van der Waals surface area contributed by atoms with E-state index >= 15 is 0 Å². The zero-order chi connectivity index (χ0) is 11.4. The molecule has 6 heteroatoms. The van der Waals surface area contributed by atoms with Crippen LogP contribution in [-0.4, -0.2) is 37.3 Å². The first kappa shape index (κ1) is 11.7. The molecule has 0 bridgehead atoms. The number of hydrogen-bond acceptors (Lipinski definition) is 5. The van der Waals surface area contributed by atoms with Crippen molar-refractivity contribution in [1.82, 2.24) is 4.98 Å². The van der Waals surface area contributed by atoms with E-state index in [2.05, 4.69) is 9.72 Å². The molecule has 1 N–H and O–H groups in total. The predicted octanol–water partition coefficient (Wildman–Crippen LogP) is -0.489. The molecule has 0 radical (unpaired) electrons. The predicted molar refractivity (Wildman–Crippen MR) is 54.9 cm³/mol. The van der Waals surface area contributed by atoms with Crippen LogP contribution in [0.25, 0.3) is 0 Å². The third-order valence-electron chi connectivity index (χ3n) is 1.97. The smallest absolute Gasteiger partial charge is 0.465 e.